The number of benzene rings is 1. The summed E-state index contributed by atoms with van der Waals surface area (Å²) in [4.78, 5) is 18.3. The SMILES string of the molecule is CCNC(=O)CN(CC)c1ccnc2c(Br)cccc12. The highest BCUT2D eigenvalue weighted by atomic mass is 79.9. The number of para-hydroxylation sites is 1. The van der Waals surface area contributed by atoms with Crippen LogP contribution in [0.5, 0.6) is 0 Å². The number of hydrogen-bond acceptors (Lipinski definition) is 3. The molecule has 5 heteroatoms. The van der Waals surface area contributed by atoms with Gasteiger partial charge in [-0.2, -0.15) is 0 Å². The van der Waals surface area contributed by atoms with Crippen LogP contribution in [0.15, 0.2) is 34.9 Å². The molecule has 20 heavy (non-hydrogen) atoms. The Labute approximate surface area is 127 Å². The van der Waals surface area contributed by atoms with Gasteiger partial charge >= 0.3 is 0 Å². The fourth-order valence-electron chi connectivity index (χ4n) is 2.19. The van der Waals surface area contributed by atoms with Crippen molar-refractivity contribution in [1.82, 2.24) is 10.3 Å². The number of anilines is 1. The number of pyridine rings is 1. The van der Waals surface area contributed by atoms with E-state index in [9.17, 15) is 4.79 Å². The van der Waals surface area contributed by atoms with E-state index in [4.69, 9.17) is 0 Å². The molecule has 4 nitrogen and oxygen atoms in total. The van der Waals surface area contributed by atoms with Gasteiger partial charge in [0, 0.05) is 34.8 Å². The van der Waals surface area contributed by atoms with Crippen molar-refractivity contribution in [2.45, 2.75) is 13.8 Å². The minimum Gasteiger partial charge on any atom is -0.362 e. The molecule has 2 rings (SSSR count). The van der Waals surface area contributed by atoms with Gasteiger partial charge in [0.2, 0.25) is 5.91 Å². The molecule has 0 fully saturated rings. The third kappa shape index (κ3) is 3.10. The zero-order chi connectivity index (χ0) is 14.5. The summed E-state index contributed by atoms with van der Waals surface area (Å²) in [5.74, 6) is 0.0364. The highest BCUT2D eigenvalue weighted by Crippen LogP contribution is 2.29. The Morgan fingerprint density at radius 3 is 2.85 bits per heavy atom. The number of nitrogens with zero attached hydrogens (tertiary/aromatic N) is 2. The topological polar surface area (TPSA) is 45.2 Å². The van der Waals surface area contributed by atoms with Gasteiger partial charge in [0.15, 0.2) is 0 Å². The fourth-order valence-corrected chi connectivity index (χ4v) is 2.66. The van der Waals surface area contributed by atoms with Crippen molar-refractivity contribution in [3.05, 3.63) is 34.9 Å². The molecule has 1 N–H and O–H groups in total. The van der Waals surface area contributed by atoms with Gasteiger partial charge in [-0.05, 0) is 41.9 Å². The largest absolute Gasteiger partial charge is 0.362 e. The van der Waals surface area contributed by atoms with Crippen molar-refractivity contribution >= 4 is 38.4 Å². The second-order valence-electron chi connectivity index (χ2n) is 4.43. The molecular weight excluding hydrogens is 318 g/mol. The number of fused-ring (bicyclic) bond motifs is 1. The van der Waals surface area contributed by atoms with Crippen molar-refractivity contribution in [1.29, 1.82) is 0 Å². The Balaban J connectivity index is 2.39. The minimum atomic E-state index is 0.0364. The second-order valence-corrected chi connectivity index (χ2v) is 5.29. The second kappa shape index (κ2) is 6.70. The number of hydrogen-bond donors (Lipinski definition) is 1. The lowest BCUT2D eigenvalue weighted by atomic mass is 10.1. The van der Waals surface area contributed by atoms with Crippen LogP contribution in [0.4, 0.5) is 5.69 Å². The van der Waals surface area contributed by atoms with E-state index in [2.05, 4.69) is 31.1 Å². The van der Waals surface area contributed by atoms with Gasteiger partial charge in [0.25, 0.3) is 0 Å². The molecule has 1 heterocycles. The van der Waals surface area contributed by atoms with Crippen LogP contribution in [0.3, 0.4) is 0 Å². The maximum Gasteiger partial charge on any atom is 0.239 e. The maximum atomic E-state index is 11.8. The minimum absolute atomic E-state index is 0.0364. The zero-order valence-electron chi connectivity index (χ0n) is 11.7. The van der Waals surface area contributed by atoms with Crippen LogP contribution in [0.25, 0.3) is 10.9 Å². The Morgan fingerprint density at radius 1 is 1.35 bits per heavy atom. The van der Waals surface area contributed by atoms with Crippen LogP contribution in [0.2, 0.25) is 0 Å². The third-order valence-electron chi connectivity index (χ3n) is 3.13. The van der Waals surface area contributed by atoms with Crippen LogP contribution in [-0.4, -0.2) is 30.5 Å². The van der Waals surface area contributed by atoms with Gasteiger partial charge in [-0.1, -0.05) is 12.1 Å². The first-order valence-electron chi connectivity index (χ1n) is 6.72. The molecule has 0 aliphatic rings. The molecule has 0 saturated carbocycles. The van der Waals surface area contributed by atoms with E-state index in [0.29, 0.717) is 13.1 Å². The predicted molar refractivity (Wildman–Crippen MR) is 86.0 cm³/mol. The number of likely N-dealkylation sites (N-methyl/N-ethyl adjacent to an activating group) is 2. The molecule has 0 bridgehead atoms. The number of aromatic nitrogens is 1. The monoisotopic (exact) mass is 335 g/mol. The Hall–Kier alpha value is -1.62. The summed E-state index contributed by atoms with van der Waals surface area (Å²) in [7, 11) is 0. The molecule has 106 valence electrons. The quantitative estimate of drug-likeness (QED) is 0.913. The summed E-state index contributed by atoms with van der Waals surface area (Å²) in [6.45, 7) is 5.74. The molecule has 0 aliphatic carbocycles. The van der Waals surface area contributed by atoms with Gasteiger partial charge in [0.05, 0.1) is 12.1 Å². The lowest BCUT2D eigenvalue weighted by Gasteiger charge is -2.23. The Bertz CT molecular complexity index is 615. The van der Waals surface area contributed by atoms with Crippen LogP contribution < -0.4 is 10.2 Å². The maximum absolute atomic E-state index is 11.8. The summed E-state index contributed by atoms with van der Waals surface area (Å²) in [5.41, 5.74) is 1.95. The third-order valence-corrected chi connectivity index (χ3v) is 3.77. The molecule has 1 aromatic heterocycles. The van der Waals surface area contributed by atoms with Crippen molar-refractivity contribution in [3.63, 3.8) is 0 Å². The molecule has 1 amide bonds. The highest BCUT2D eigenvalue weighted by Gasteiger charge is 2.13. The average molecular weight is 336 g/mol. The zero-order valence-corrected chi connectivity index (χ0v) is 13.3. The van der Waals surface area contributed by atoms with Crippen LogP contribution >= 0.6 is 15.9 Å². The number of nitrogens with one attached hydrogen (secondary N) is 1. The van der Waals surface area contributed by atoms with Crippen molar-refractivity contribution in [2.75, 3.05) is 24.5 Å². The number of amides is 1. The van der Waals surface area contributed by atoms with E-state index in [0.717, 1.165) is 27.6 Å². The molecule has 0 radical (unpaired) electrons. The van der Waals surface area contributed by atoms with Gasteiger partial charge in [-0.25, -0.2) is 0 Å². The van der Waals surface area contributed by atoms with E-state index in [1.54, 1.807) is 6.20 Å². The first kappa shape index (κ1) is 14.8. The van der Waals surface area contributed by atoms with E-state index in [1.165, 1.54) is 0 Å². The molecule has 0 unspecified atom stereocenters. The lowest BCUT2D eigenvalue weighted by molar-refractivity contribution is -0.119. The van der Waals surface area contributed by atoms with Gasteiger partial charge in [0.1, 0.15) is 0 Å². The standard InChI is InChI=1S/C15H18BrN3O/c1-3-17-14(20)10-19(4-2)13-8-9-18-15-11(13)6-5-7-12(15)16/h5-9H,3-4,10H2,1-2H3,(H,17,20). The predicted octanol–water partition coefficient (Wildman–Crippen LogP) is 2.96. The molecule has 0 spiro atoms. The van der Waals surface area contributed by atoms with E-state index >= 15 is 0 Å². The molecule has 0 atom stereocenters. The van der Waals surface area contributed by atoms with Crippen LogP contribution in [-0.2, 0) is 4.79 Å². The van der Waals surface area contributed by atoms with Crippen molar-refractivity contribution in [3.8, 4) is 0 Å². The highest BCUT2D eigenvalue weighted by molar-refractivity contribution is 9.10. The average Bonchev–Trinajstić information content (AvgIpc) is 2.45. The van der Waals surface area contributed by atoms with Crippen molar-refractivity contribution in [2.24, 2.45) is 0 Å². The number of carbonyl (C=O) groups is 1. The number of carbonyl (C=O) groups excluding carboxylic acids is 1. The number of rotatable bonds is 5. The molecule has 0 saturated heterocycles. The van der Waals surface area contributed by atoms with E-state index in [-0.39, 0.29) is 5.91 Å². The Morgan fingerprint density at radius 2 is 2.15 bits per heavy atom. The molecular formula is C15H18BrN3O. The normalized spacial score (nSPS) is 10.6. The summed E-state index contributed by atoms with van der Waals surface area (Å²) >= 11 is 3.52. The van der Waals surface area contributed by atoms with Crippen LogP contribution in [0, 0.1) is 0 Å². The van der Waals surface area contributed by atoms with Gasteiger partial charge in [-0.15, -0.1) is 0 Å². The first-order chi connectivity index (χ1) is 9.67. The Kier molecular flexibility index (Phi) is 4.95. The summed E-state index contributed by atoms with van der Waals surface area (Å²) < 4.78 is 0.964. The van der Waals surface area contributed by atoms with E-state index in [1.807, 2.05) is 38.1 Å². The lowest BCUT2D eigenvalue weighted by Crippen LogP contribution is -2.37. The molecule has 2 aromatic rings. The van der Waals surface area contributed by atoms with E-state index < -0.39 is 0 Å². The van der Waals surface area contributed by atoms with Crippen LogP contribution in [0.1, 0.15) is 13.8 Å². The van der Waals surface area contributed by atoms with Crippen molar-refractivity contribution < 1.29 is 4.79 Å². The first-order valence-corrected chi connectivity index (χ1v) is 7.51. The smallest absolute Gasteiger partial charge is 0.239 e. The molecule has 0 aliphatic heterocycles. The summed E-state index contributed by atoms with van der Waals surface area (Å²) in [6.07, 6.45) is 1.78. The summed E-state index contributed by atoms with van der Waals surface area (Å²) in [6, 6.07) is 7.94. The van der Waals surface area contributed by atoms with Gasteiger partial charge in [-0.3, -0.25) is 9.78 Å². The van der Waals surface area contributed by atoms with Gasteiger partial charge < -0.3 is 10.2 Å². The molecule has 1 aromatic carbocycles. The number of halogens is 1. The summed E-state index contributed by atoms with van der Waals surface area (Å²) in [5, 5.41) is 3.88. The fraction of sp³-hybridized carbons (Fsp3) is 0.333.